The molecule has 2 nitrogen and oxygen atoms in total. The highest BCUT2D eigenvalue weighted by molar-refractivity contribution is 7.15. The third-order valence-corrected chi connectivity index (χ3v) is 4.39. The van der Waals surface area contributed by atoms with Crippen LogP contribution in [0, 0.1) is 5.82 Å². The summed E-state index contributed by atoms with van der Waals surface area (Å²) in [6.45, 7) is 6.37. The molecule has 19 heavy (non-hydrogen) atoms. The van der Waals surface area contributed by atoms with Crippen molar-refractivity contribution >= 4 is 17.3 Å². The molecule has 1 heterocycles. The van der Waals surface area contributed by atoms with E-state index >= 15 is 0 Å². The molecule has 0 fully saturated rings. The molecular formula is C15H15FO2S. The lowest BCUT2D eigenvalue weighted by atomic mass is 9.95. The second kappa shape index (κ2) is 4.78. The van der Waals surface area contributed by atoms with Gasteiger partial charge in [-0.3, -0.25) is 0 Å². The van der Waals surface area contributed by atoms with Gasteiger partial charge in [0.15, 0.2) is 0 Å². The van der Waals surface area contributed by atoms with Crippen LogP contribution in [0.1, 0.15) is 36.0 Å². The molecule has 2 aromatic rings. The van der Waals surface area contributed by atoms with Gasteiger partial charge in [0.25, 0.3) is 0 Å². The molecule has 0 aliphatic carbocycles. The van der Waals surface area contributed by atoms with Crippen LogP contribution in [-0.4, -0.2) is 11.1 Å². The zero-order chi connectivity index (χ0) is 14.2. The molecule has 0 unspecified atom stereocenters. The van der Waals surface area contributed by atoms with Crippen molar-refractivity contribution in [1.82, 2.24) is 0 Å². The summed E-state index contributed by atoms with van der Waals surface area (Å²) in [5.41, 5.74) is 0.474. The van der Waals surface area contributed by atoms with Crippen LogP contribution in [0.15, 0.2) is 30.3 Å². The van der Waals surface area contributed by atoms with Crippen LogP contribution in [0.2, 0.25) is 0 Å². The number of rotatable bonds is 2. The van der Waals surface area contributed by atoms with Crippen LogP contribution < -0.4 is 0 Å². The van der Waals surface area contributed by atoms with Crippen LogP contribution in [0.5, 0.6) is 0 Å². The number of hydrogen-bond acceptors (Lipinski definition) is 2. The SMILES string of the molecule is CC(C)(C)c1ccc(-c2ccc(C(=O)O)c(F)c2)s1. The summed E-state index contributed by atoms with van der Waals surface area (Å²) < 4.78 is 13.7. The van der Waals surface area contributed by atoms with E-state index in [1.54, 1.807) is 17.4 Å². The molecule has 0 aliphatic rings. The van der Waals surface area contributed by atoms with Crippen molar-refractivity contribution in [2.75, 3.05) is 0 Å². The molecule has 0 saturated carbocycles. The molecule has 0 bridgehead atoms. The predicted molar refractivity (Wildman–Crippen MR) is 75.4 cm³/mol. The first kappa shape index (κ1) is 13.7. The Bertz CT molecular complexity index is 623. The minimum atomic E-state index is -1.24. The van der Waals surface area contributed by atoms with E-state index in [0.717, 1.165) is 4.88 Å². The van der Waals surface area contributed by atoms with E-state index in [1.165, 1.54) is 17.0 Å². The summed E-state index contributed by atoms with van der Waals surface area (Å²) in [7, 11) is 0. The number of carbonyl (C=O) groups is 1. The minimum Gasteiger partial charge on any atom is -0.478 e. The summed E-state index contributed by atoms with van der Waals surface area (Å²) in [5, 5.41) is 8.80. The quantitative estimate of drug-likeness (QED) is 0.875. The number of benzene rings is 1. The van der Waals surface area contributed by atoms with Crippen molar-refractivity contribution in [3.05, 3.63) is 46.6 Å². The molecule has 4 heteroatoms. The van der Waals surface area contributed by atoms with E-state index in [4.69, 9.17) is 5.11 Å². The van der Waals surface area contributed by atoms with E-state index in [9.17, 15) is 9.18 Å². The topological polar surface area (TPSA) is 37.3 Å². The highest BCUT2D eigenvalue weighted by Gasteiger charge is 2.17. The van der Waals surface area contributed by atoms with Crippen LogP contribution in [0.3, 0.4) is 0 Å². The average Bonchev–Trinajstić information content (AvgIpc) is 2.76. The largest absolute Gasteiger partial charge is 0.478 e. The van der Waals surface area contributed by atoms with Crippen LogP contribution >= 0.6 is 11.3 Å². The van der Waals surface area contributed by atoms with Crippen molar-refractivity contribution in [3.8, 4) is 10.4 Å². The van der Waals surface area contributed by atoms with Gasteiger partial charge in [-0.2, -0.15) is 0 Å². The van der Waals surface area contributed by atoms with Crippen LogP contribution in [0.25, 0.3) is 10.4 Å². The lowest BCUT2D eigenvalue weighted by Gasteiger charge is -2.15. The Kier molecular flexibility index (Phi) is 3.45. The molecule has 1 aromatic heterocycles. The molecule has 0 atom stereocenters. The van der Waals surface area contributed by atoms with E-state index in [1.807, 2.05) is 12.1 Å². The molecule has 0 spiro atoms. The van der Waals surface area contributed by atoms with Crippen molar-refractivity contribution in [1.29, 1.82) is 0 Å². The Balaban J connectivity index is 2.40. The number of halogens is 1. The average molecular weight is 278 g/mol. The van der Waals surface area contributed by atoms with E-state index in [2.05, 4.69) is 20.8 Å². The second-order valence-corrected chi connectivity index (χ2v) is 6.50. The van der Waals surface area contributed by atoms with Crippen molar-refractivity contribution in [3.63, 3.8) is 0 Å². The number of carboxylic acid groups (broad SMARTS) is 1. The van der Waals surface area contributed by atoms with Crippen molar-refractivity contribution < 1.29 is 14.3 Å². The lowest BCUT2D eigenvalue weighted by Crippen LogP contribution is -2.07. The van der Waals surface area contributed by atoms with Crippen LogP contribution in [0.4, 0.5) is 4.39 Å². The van der Waals surface area contributed by atoms with Gasteiger partial charge in [0.05, 0.1) is 5.56 Å². The fourth-order valence-electron chi connectivity index (χ4n) is 1.74. The van der Waals surface area contributed by atoms with Gasteiger partial charge in [0.1, 0.15) is 5.82 Å². The van der Waals surface area contributed by atoms with Gasteiger partial charge in [-0.15, -0.1) is 11.3 Å². The first-order valence-electron chi connectivity index (χ1n) is 5.92. The maximum Gasteiger partial charge on any atom is 0.338 e. The van der Waals surface area contributed by atoms with Gasteiger partial charge in [0, 0.05) is 9.75 Å². The molecule has 1 aromatic carbocycles. The molecule has 1 N–H and O–H groups in total. The van der Waals surface area contributed by atoms with Gasteiger partial charge < -0.3 is 5.11 Å². The second-order valence-electron chi connectivity index (χ2n) is 5.41. The summed E-state index contributed by atoms with van der Waals surface area (Å²) in [6.07, 6.45) is 0. The normalized spacial score (nSPS) is 11.6. The Morgan fingerprint density at radius 3 is 2.37 bits per heavy atom. The minimum absolute atomic E-state index is 0.0580. The molecule has 0 radical (unpaired) electrons. The molecule has 0 amide bonds. The van der Waals surface area contributed by atoms with Crippen molar-refractivity contribution in [2.24, 2.45) is 0 Å². The number of aromatic carboxylic acids is 1. The summed E-state index contributed by atoms with van der Waals surface area (Å²) in [4.78, 5) is 12.9. The summed E-state index contributed by atoms with van der Waals surface area (Å²) >= 11 is 1.60. The Morgan fingerprint density at radius 1 is 1.21 bits per heavy atom. The lowest BCUT2D eigenvalue weighted by molar-refractivity contribution is 0.0692. The molecular weight excluding hydrogens is 263 g/mol. The van der Waals surface area contributed by atoms with Gasteiger partial charge in [-0.1, -0.05) is 26.8 Å². The molecule has 0 saturated heterocycles. The fourth-order valence-corrected chi connectivity index (χ4v) is 2.80. The molecule has 100 valence electrons. The number of thiophene rings is 1. The van der Waals surface area contributed by atoms with Crippen molar-refractivity contribution in [2.45, 2.75) is 26.2 Å². The third kappa shape index (κ3) is 2.84. The first-order valence-corrected chi connectivity index (χ1v) is 6.74. The van der Waals surface area contributed by atoms with Crippen LogP contribution in [-0.2, 0) is 5.41 Å². The Hall–Kier alpha value is -1.68. The highest BCUT2D eigenvalue weighted by atomic mass is 32.1. The van der Waals surface area contributed by atoms with Gasteiger partial charge in [0.2, 0.25) is 0 Å². The highest BCUT2D eigenvalue weighted by Crippen LogP contribution is 2.35. The zero-order valence-corrected chi connectivity index (χ0v) is 11.8. The van der Waals surface area contributed by atoms with Gasteiger partial charge in [-0.05, 0) is 35.2 Å². The van der Waals surface area contributed by atoms with E-state index in [0.29, 0.717) is 5.56 Å². The predicted octanol–water partition coefficient (Wildman–Crippen LogP) is 4.55. The first-order chi connectivity index (χ1) is 8.79. The summed E-state index contributed by atoms with van der Waals surface area (Å²) in [5.74, 6) is -1.94. The maximum atomic E-state index is 13.7. The monoisotopic (exact) mass is 278 g/mol. The Morgan fingerprint density at radius 2 is 1.89 bits per heavy atom. The zero-order valence-electron chi connectivity index (χ0n) is 11.0. The number of hydrogen-bond donors (Lipinski definition) is 1. The number of carboxylic acids is 1. The molecule has 0 aliphatic heterocycles. The fraction of sp³-hybridized carbons (Fsp3) is 0.267. The third-order valence-electron chi connectivity index (χ3n) is 2.83. The van der Waals surface area contributed by atoms with Gasteiger partial charge in [-0.25, -0.2) is 9.18 Å². The maximum absolute atomic E-state index is 13.7. The standard InChI is InChI=1S/C15H15FO2S/c1-15(2,3)13-7-6-12(19-13)9-4-5-10(14(17)18)11(16)8-9/h4-8H,1-3H3,(H,17,18). The smallest absolute Gasteiger partial charge is 0.338 e. The van der Waals surface area contributed by atoms with E-state index in [-0.39, 0.29) is 11.0 Å². The molecule has 2 rings (SSSR count). The summed E-state index contributed by atoms with van der Waals surface area (Å²) in [6, 6.07) is 8.21. The Labute approximate surface area is 115 Å². The van der Waals surface area contributed by atoms with E-state index < -0.39 is 11.8 Å². The van der Waals surface area contributed by atoms with Gasteiger partial charge >= 0.3 is 5.97 Å².